The second-order valence-electron chi connectivity index (χ2n) is 6.62. The smallest absolute Gasteiger partial charge is 0.166 e. The van der Waals surface area contributed by atoms with E-state index in [1.807, 2.05) is 30.3 Å². The van der Waals surface area contributed by atoms with Gasteiger partial charge in [0.1, 0.15) is 0 Å². The van der Waals surface area contributed by atoms with Gasteiger partial charge in [0.15, 0.2) is 5.78 Å². The summed E-state index contributed by atoms with van der Waals surface area (Å²) in [6.07, 6.45) is 4.48. The van der Waals surface area contributed by atoms with Crippen LogP contribution in [0.1, 0.15) is 36.0 Å². The lowest BCUT2D eigenvalue weighted by molar-refractivity contribution is 0.0875. The molecule has 0 spiro atoms. The SMILES string of the molecule is O=C(c1cccc(-c2ccccc2)c1)C1CC2CCC(C1)N2. The molecule has 2 aromatic carbocycles. The van der Waals surface area contributed by atoms with Crippen molar-refractivity contribution in [2.45, 2.75) is 37.8 Å². The number of rotatable bonds is 3. The van der Waals surface area contributed by atoms with E-state index in [1.54, 1.807) is 0 Å². The molecule has 2 nitrogen and oxygen atoms in total. The van der Waals surface area contributed by atoms with Gasteiger partial charge in [-0.1, -0.05) is 48.5 Å². The number of hydrogen-bond acceptors (Lipinski definition) is 2. The molecule has 2 saturated heterocycles. The molecule has 2 bridgehead atoms. The van der Waals surface area contributed by atoms with E-state index >= 15 is 0 Å². The van der Waals surface area contributed by atoms with Crippen molar-refractivity contribution in [2.75, 3.05) is 0 Å². The summed E-state index contributed by atoms with van der Waals surface area (Å²) in [5.41, 5.74) is 3.17. The first kappa shape index (κ1) is 13.7. The minimum atomic E-state index is 0.199. The molecule has 2 heterocycles. The first-order valence-electron chi connectivity index (χ1n) is 8.25. The first-order chi connectivity index (χ1) is 10.8. The molecule has 0 radical (unpaired) electrons. The summed E-state index contributed by atoms with van der Waals surface area (Å²) in [6.45, 7) is 0. The molecule has 0 amide bonds. The number of ketones is 1. The number of benzene rings is 2. The topological polar surface area (TPSA) is 29.1 Å². The number of fused-ring (bicyclic) bond motifs is 2. The Labute approximate surface area is 131 Å². The third kappa shape index (κ3) is 2.59. The summed E-state index contributed by atoms with van der Waals surface area (Å²) < 4.78 is 0. The third-order valence-corrected chi connectivity index (χ3v) is 5.10. The van der Waals surface area contributed by atoms with Crippen molar-refractivity contribution < 1.29 is 4.79 Å². The van der Waals surface area contributed by atoms with Gasteiger partial charge in [-0.15, -0.1) is 0 Å². The molecule has 2 heteroatoms. The average Bonchev–Trinajstić information content (AvgIpc) is 2.93. The molecular formula is C20H21NO. The van der Waals surface area contributed by atoms with Crippen LogP contribution < -0.4 is 5.32 Å². The fourth-order valence-corrected chi connectivity index (χ4v) is 3.99. The van der Waals surface area contributed by atoms with Crippen molar-refractivity contribution in [3.05, 3.63) is 60.2 Å². The van der Waals surface area contributed by atoms with E-state index in [0.717, 1.165) is 24.0 Å². The Bertz CT molecular complexity index is 667. The summed E-state index contributed by atoms with van der Waals surface area (Å²) in [6, 6.07) is 19.5. The largest absolute Gasteiger partial charge is 0.311 e. The molecule has 2 aromatic rings. The van der Waals surface area contributed by atoms with Gasteiger partial charge in [0.2, 0.25) is 0 Å². The van der Waals surface area contributed by atoms with Crippen LogP contribution in [0.15, 0.2) is 54.6 Å². The van der Waals surface area contributed by atoms with Crippen LogP contribution >= 0.6 is 0 Å². The monoisotopic (exact) mass is 291 g/mol. The minimum Gasteiger partial charge on any atom is -0.311 e. The van der Waals surface area contributed by atoms with E-state index in [2.05, 4.69) is 29.6 Å². The normalized spacial score (nSPS) is 26.8. The highest BCUT2D eigenvalue weighted by Gasteiger charge is 2.36. The highest BCUT2D eigenvalue weighted by Crippen LogP contribution is 2.33. The standard InChI is InChI=1S/C20H21NO/c22-20(17-12-18-9-10-19(13-17)21-18)16-8-4-7-15(11-16)14-5-2-1-3-6-14/h1-8,11,17-19,21H,9-10,12-13H2. The molecule has 2 aliphatic heterocycles. The van der Waals surface area contributed by atoms with Crippen LogP contribution in [-0.2, 0) is 0 Å². The maximum atomic E-state index is 12.9. The quantitative estimate of drug-likeness (QED) is 0.864. The van der Waals surface area contributed by atoms with Crippen LogP contribution in [0.25, 0.3) is 11.1 Å². The van der Waals surface area contributed by atoms with E-state index in [0.29, 0.717) is 17.9 Å². The van der Waals surface area contributed by atoms with Crippen molar-refractivity contribution in [1.82, 2.24) is 5.32 Å². The lowest BCUT2D eigenvalue weighted by Gasteiger charge is -2.28. The van der Waals surface area contributed by atoms with Gasteiger partial charge in [-0.3, -0.25) is 4.79 Å². The van der Waals surface area contributed by atoms with Crippen LogP contribution in [0.2, 0.25) is 0 Å². The molecule has 2 unspecified atom stereocenters. The lowest BCUT2D eigenvalue weighted by atomic mass is 9.85. The number of carbonyl (C=O) groups excluding carboxylic acids is 1. The molecule has 112 valence electrons. The second-order valence-corrected chi connectivity index (χ2v) is 6.62. The zero-order chi connectivity index (χ0) is 14.9. The van der Waals surface area contributed by atoms with E-state index in [1.165, 1.54) is 18.4 Å². The van der Waals surface area contributed by atoms with Gasteiger partial charge in [-0.25, -0.2) is 0 Å². The Morgan fingerprint density at radius 2 is 1.55 bits per heavy atom. The summed E-state index contributed by atoms with van der Waals surface area (Å²) in [4.78, 5) is 12.9. The molecule has 2 fully saturated rings. The molecule has 1 N–H and O–H groups in total. The number of Topliss-reactive ketones (excluding diaryl/α,β-unsaturated/α-hetero) is 1. The predicted octanol–water partition coefficient (Wildman–Crippen LogP) is 4.07. The Hall–Kier alpha value is -1.93. The Balaban J connectivity index is 1.59. The maximum absolute atomic E-state index is 12.9. The molecule has 2 atom stereocenters. The summed E-state index contributed by atoms with van der Waals surface area (Å²) in [5.74, 6) is 0.529. The van der Waals surface area contributed by atoms with Crippen molar-refractivity contribution in [1.29, 1.82) is 0 Å². The van der Waals surface area contributed by atoms with Gasteiger partial charge in [0.25, 0.3) is 0 Å². The van der Waals surface area contributed by atoms with Crippen molar-refractivity contribution in [3.63, 3.8) is 0 Å². The summed E-state index contributed by atoms with van der Waals surface area (Å²) in [7, 11) is 0. The van der Waals surface area contributed by atoms with Gasteiger partial charge >= 0.3 is 0 Å². The molecule has 0 saturated carbocycles. The zero-order valence-electron chi connectivity index (χ0n) is 12.7. The fraction of sp³-hybridized carbons (Fsp3) is 0.350. The highest BCUT2D eigenvalue weighted by molar-refractivity contribution is 5.99. The molecule has 2 aliphatic rings. The van der Waals surface area contributed by atoms with E-state index in [4.69, 9.17) is 0 Å². The summed E-state index contributed by atoms with van der Waals surface area (Å²) in [5, 5.41) is 3.61. The number of carbonyl (C=O) groups is 1. The van der Waals surface area contributed by atoms with Crippen LogP contribution in [0, 0.1) is 5.92 Å². The first-order valence-corrected chi connectivity index (χ1v) is 8.25. The van der Waals surface area contributed by atoms with Crippen molar-refractivity contribution >= 4 is 5.78 Å². The number of nitrogens with one attached hydrogen (secondary N) is 1. The molecule has 0 aromatic heterocycles. The van der Waals surface area contributed by atoms with Crippen LogP contribution in [0.3, 0.4) is 0 Å². The lowest BCUT2D eigenvalue weighted by Crippen LogP contribution is -2.40. The molecule has 0 aliphatic carbocycles. The Morgan fingerprint density at radius 1 is 0.864 bits per heavy atom. The van der Waals surface area contributed by atoms with Crippen molar-refractivity contribution in [3.8, 4) is 11.1 Å². The molecular weight excluding hydrogens is 270 g/mol. The molecule has 22 heavy (non-hydrogen) atoms. The van der Waals surface area contributed by atoms with Crippen LogP contribution in [0.4, 0.5) is 0 Å². The average molecular weight is 291 g/mol. The molecule has 4 rings (SSSR count). The number of piperidine rings is 1. The predicted molar refractivity (Wildman–Crippen MR) is 88.9 cm³/mol. The number of hydrogen-bond donors (Lipinski definition) is 1. The van der Waals surface area contributed by atoms with Crippen LogP contribution in [0.5, 0.6) is 0 Å². The fourth-order valence-electron chi connectivity index (χ4n) is 3.99. The zero-order valence-corrected chi connectivity index (χ0v) is 12.7. The van der Waals surface area contributed by atoms with E-state index < -0.39 is 0 Å². The van der Waals surface area contributed by atoms with Gasteiger partial charge in [0, 0.05) is 23.6 Å². The second kappa shape index (κ2) is 5.69. The van der Waals surface area contributed by atoms with Gasteiger partial charge in [-0.2, -0.15) is 0 Å². The Morgan fingerprint density at radius 3 is 2.27 bits per heavy atom. The summed E-state index contributed by atoms with van der Waals surface area (Å²) >= 11 is 0. The van der Waals surface area contributed by atoms with Crippen molar-refractivity contribution in [2.24, 2.45) is 5.92 Å². The maximum Gasteiger partial charge on any atom is 0.166 e. The van der Waals surface area contributed by atoms with E-state index in [-0.39, 0.29) is 5.92 Å². The van der Waals surface area contributed by atoms with Gasteiger partial charge in [0.05, 0.1) is 0 Å². The van der Waals surface area contributed by atoms with Gasteiger partial charge in [-0.05, 0) is 42.9 Å². The minimum absolute atomic E-state index is 0.199. The van der Waals surface area contributed by atoms with Crippen LogP contribution in [-0.4, -0.2) is 17.9 Å². The van der Waals surface area contributed by atoms with E-state index in [9.17, 15) is 4.79 Å². The highest BCUT2D eigenvalue weighted by atomic mass is 16.1. The third-order valence-electron chi connectivity index (χ3n) is 5.10. The van der Waals surface area contributed by atoms with Gasteiger partial charge < -0.3 is 5.32 Å². The Kier molecular flexibility index (Phi) is 3.55.